The Hall–Kier alpha value is -0.0800. The maximum Gasteiger partial charge on any atom is 0.0540 e. The van der Waals surface area contributed by atoms with Gasteiger partial charge in [-0.25, -0.2) is 0 Å². The third-order valence-corrected chi connectivity index (χ3v) is 3.38. The number of rotatable bonds is 9. The van der Waals surface area contributed by atoms with Gasteiger partial charge in [0.25, 0.3) is 0 Å². The van der Waals surface area contributed by atoms with E-state index in [1.807, 2.05) is 14.2 Å². The summed E-state index contributed by atoms with van der Waals surface area (Å²) in [6.07, 6.45) is 7.94. The first-order chi connectivity index (χ1) is 7.26. The molecule has 0 aliphatic heterocycles. The molecule has 0 amide bonds. The Morgan fingerprint density at radius 2 is 1.73 bits per heavy atom. The molecule has 0 radical (unpaired) electrons. The summed E-state index contributed by atoms with van der Waals surface area (Å²) in [5.74, 6) is 0.951. The van der Waals surface area contributed by atoms with E-state index >= 15 is 0 Å². The first kappa shape index (κ1) is 13.0. The van der Waals surface area contributed by atoms with Gasteiger partial charge in [-0.1, -0.05) is 32.6 Å². The van der Waals surface area contributed by atoms with Crippen LogP contribution in [0.3, 0.4) is 0 Å². The number of unbranched alkanes of at least 4 members (excludes halogenated alkanes) is 1. The predicted molar refractivity (Wildman–Crippen MR) is 63.1 cm³/mol. The van der Waals surface area contributed by atoms with E-state index in [0.29, 0.717) is 5.41 Å². The molecule has 1 fully saturated rings. The molecule has 0 aromatic rings. The molecule has 1 aliphatic rings. The minimum absolute atomic E-state index is 0.292. The molecule has 0 aromatic heterocycles. The van der Waals surface area contributed by atoms with Crippen LogP contribution in [0.1, 0.15) is 45.4 Å². The lowest BCUT2D eigenvalue weighted by atomic mass is 9.79. The fraction of sp³-hybridized carbons (Fsp3) is 1.00. The van der Waals surface area contributed by atoms with E-state index in [9.17, 15) is 0 Å². The van der Waals surface area contributed by atoms with E-state index < -0.39 is 0 Å². The maximum absolute atomic E-state index is 5.41. The van der Waals surface area contributed by atoms with Crippen LogP contribution < -0.4 is 0 Å². The van der Waals surface area contributed by atoms with Crippen LogP contribution in [0.15, 0.2) is 0 Å². The molecule has 0 N–H and O–H groups in total. The third kappa shape index (κ3) is 4.52. The highest BCUT2D eigenvalue weighted by Crippen LogP contribution is 2.43. The largest absolute Gasteiger partial charge is 0.384 e. The first-order valence-electron chi connectivity index (χ1n) is 6.24. The predicted octanol–water partition coefficient (Wildman–Crippen LogP) is 3.26. The first-order valence-corrected chi connectivity index (χ1v) is 6.24. The normalized spacial score (nSPS) is 17.0. The minimum atomic E-state index is 0.292. The molecule has 15 heavy (non-hydrogen) atoms. The monoisotopic (exact) mass is 214 g/mol. The SMILES string of the molecule is CCCCC(COC)(COC)CC1CC1. The second-order valence-electron chi connectivity index (χ2n) is 5.12. The van der Waals surface area contributed by atoms with E-state index in [2.05, 4.69) is 6.92 Å². The van der Waals surface area contributed by atoms with Crippen LogP contribution in [0.5, 0.6) is 0 Å². The summed E-state index contributed by atoms with van der Waals surface area (Å²) in [5.41, 5.74) is 0.292. The fourth-order valence-electron chi connectivity index (χ4n) is 2.50. The average molecular weight is 214 g/mol. The van der Waals surface area contributed by atoms with Crippen LogP contribution >= 0.6 is 0 Å². The van der Waals surface area contributed by atoms with Crippen molar-refractivity contribution in [3.05, 3.63) is 0 Å². The Labute approximate surface area is 94.3 Å². The standard InChI is InChI=1S/C13H26O2/c1-4-5-8-13(10-14-2,11-15-3)9-12-6-7-12/h12H,4-11H2,1-3H3. The lowest BCUT2D eigenvalue weighted by molar-refractivity contribution is -0.00618. The van der Waals surface area contributed by atoms with Crippen molar-refractivity contribution >= 4 is 0 Å². The fourth-order valence-corrected chi connectivity index (χ4v) is 2.50. The van der Waals surface area contributed by atoms with Gasteiger partial charge in [-0.3, -0.25) is 0 Å². The summed E-state index contributed by atoms with van der Waals surface area (Å²) in [6.45, 7) is 3.97. The zero-order valence-corrected chi connectivity index (χ0v) is 10.6. The van der Waals surface area contributed by atoms with Crippen molar-refractivity contribution in [3.63, 3.8) is 0 Å². The second kappa shape index (κ2) is 6.49. The van der Waals surface area contributed by atoms with Gasteiger partial charge in [0.15, 0.2) is 0 Å². The molecular weight excluding hydrogens is 188 g/mol. The summed E-state index contributed by atoms with van der Waals surface area (Å²) in [7, 11) is 3.62. The van der Waals surface area contributed by atoms with Crippen LogP contribution in [0.25, 0.3) is 0 Å². The van der Waals surface area contributed by atoms with Crippen molar-refractivity contribution in [2.75, 3.05) is 27.4 Å². The molecule has 0 heterocycles. The number of methoxy groups -OCH3 is 2. The van der Waals surface area contributed by atoms with Gasteiger partial charge in [-0.15, -0.1) is 0 Å². The summed E-state index contributed by atoms with van der Waals surface area (Å²) in [6, 6.07) is 0. The lowest BCUT2D eigenvalue weighted by Gasteiger charge is -2.32. The van der Waals surface area contributed by atoms with Gasteiger partial charge in [0.1, 0.15) is 0 Å². The Morgan fingerprint density at radius 1 is 1.13 bits per heavy atom. The van der Waals surface area contributed by atoms with Gasteiger partial charge in [-0.2, -0.15) is 0 Å². The lowest BCUT2D eigenvalue weighted by Crippen LogP contribution is -2.32. The van der Waals surface area contributed by atoms with E-state index in [1.54, 1.807) is 0 Å². The summed E-state index contributed by atoms with van der Waals surface area (Å²) in [4.78, 5) is 0. The zero-order chi connectivity index (χ0) is 11.1. The summed E-state index contributed by atoms with van der Waals surface area (Å²) < 4.78 is 10.8. The van der Waals surface area contributed by atoms with E-state index in [-0.39, 0.29) is 0 Å². The van der Waals surface area contributed by atoms with Crippen molar-refractivity contribution in [2.24, 2.45) is 11.3 Å². The van der Waals surface area contributed by atoms with E-state index in [1.165, 1.54) is 38.5 Å². The van der Waals surface area contributed by atoms with Gasteiger partial charge in [0.05, 0.1) is 13.2 Å². The van der Waals surface area contributed by atoms with Gasteiger partial charge in [-0.05, 0) is 18.8 Å². The van der Waals surface area contributed by atoms with Crippen molar-refractivity contribution in [2.45, 2.75) is 45.4 Å². The van der Waals surface area contributed by atoms with Crippen LogP contribution in [0.2, 0.25) is 0 Å². The van der Waals surface area contributed by atoms with Crippen LogP contribution in [-0.4, -0.2) is 27.4 Å². The second-order valence-corrected chi connectivity index (χ2v) is 5.12. The molecule has 90 valence electrons. The molecule has 0 aromatic carbocycles. The molecule has 0 bridgehead atoms. The van der Waals surface area contributed by atoms with E-state index in [0.717, 1.165) is 19.1 Å². The van der Waals surface area contributed by atoms with E-state index in [4.69, 9.17) is 9.47 Å². The quantitative estimate of drug-likeness (QED) is 0.586. The van der Waals surface area contributed by atoms with Gasteiger partial charge >= 0.3 is 0 Å². The molecule has 0 spiro atoms. The Balaban J connectivity index is 2.49. The minimum Gasteiger partial charge on any atom is -0.384 e. The third-order valence-electron chi connectivity index (χ3n) is 3.38. The van der Waals surface area contributed by atoms with Gasteiger partial charge in [0, 0.05) is 19.6 Å². The number of hydrogen-bond donors (Lipinski definition) is 0. The number of ether oxygens (including phenoxy) is 2. The maximum atomic E-state index is 5.41. The smallest absolute Gasteiger partial charge is 0.0540 e. The number of hydrogen-bond acceptors (Lipinski definition) is 2. The van der Waals surface area contributed by atoms with Crippen LogP contribution in [-0.2, 0) is 9.47 Å². The molecule has 0 unspecified atom stereocenters. The average Bonchev–Trinajstić information content (AvgIpc) is 2.99. The molecule has 1 aliphatic carbocycles. The molecular formula is C13H26O2. The summed E-state index contributed by atoms with van der Waals surface area (Å²) >= 11 is 0. The molecule has 1 rings (SSSR count). The Bertz CT molecular complexity index is 158. The molecule has 2 heteroatoms. The summed E-state index contributed by atoms with van der Waals surface area (Å²) in [5, 5.41) is 0. The van der Waals surface area contributed by atoms with Crippen molar-refractivity contribution < 1.29 is 9.47 Å². The highest BCUT2D eigenvalue weighted by molar-refractivity contribution is 4.87. The molecule has 0 atom stereocenters. The van der Waals surface area contributed by atoms with Crippen LogP contribution in [0.4, 0.5) is 0 Å². The van der Waals surface area contributed by atoms with Gasteiger partial charge < -0.3 is 9.47 Å². The Kier molecular flexibility index (Phi) is 5.62. The molecule has 0 saturated heterocycles. The molecule has 2 nitrogen and oxygen atoms in total. The van der Waals surface area contributed by atoms with Gasteiger partial charge in [0.2, 0.25) is 0 Å². The van der Waals surface area contributed by atoms with Crippen LogP contribution in [0, 0.1) is 11.3 Å². The topological polar surface area (TPSA) is 18.5 Å². The Morgan fingerprint density at radius 3 is 2.13 bits per heavy atom. The highest BCUT2D eigenvalue weighted by Gasteiger charge is 2.36. The molecule has 1 saturated carbocycles. The zero-order valence-electron chi connectivity index (χ0n) is 10.6. The highest BCUT2D eigenvalue weighted by atomic mass is 16.5. The van der Waals surface area contributed by atoms with Crippen molar-refractivity contribution in [1.29, 1.82) is 0 Å². The van der Waals surface area contributed by atoms with Crippen molar-refractivity contribution in [3.8, 4) is 0 Å². The van der Waals surface area contributed by atoms with Crippen molar-refractivity contribution in [1.82, 2.24) is 0 Å².